The fraction of sp³-hybridized carbons (Fsp3) is 0.320. The largest absolute Gasteiger partial charge is 0.493 e. The molecule has 0 saturated carbocycles. The van der Waals surface area contributed by atoms with Gasteiger partial charge in [-0.3, -0.25) is 9.58 Å². The summed E-state index contributed by atoms with van der Waals surface area (Å²) in [6, 6.07) is 16.8. The number of rotatable bonds is 7. The van der Waals surface area contributed by atoms with Gasteiger partial charge in [0, 0.05) is 54.2 Å². The van der Waals surface area contributed by atoms with E-state index >= 15 is 0 Å². The van der Waals surface area contributed by atoms with Gasteiger partial charge in [-0.1, -0.05) is 30.3 Å². The number of para-hydroxylation sites is 2. The van der Waals surface area contributed by atoms with Crippen molar-refractivity contribution in [3.05, 3.63) is 77.7 Å². The predicted molar refractivity (Wildman–Crippen MR) is 122 cm³/mol. The Bertz CT molecular complexity index is 1170. The Hall–Kier alpha value is -3.25. The molecule has 1 aliphatic rings. The van der Waals surface area contributed by atoms with Gasteiger partial charge in [0.05, 0.1) is 20.3 Å². The standard InChI is InChI=1S/C25H28N4O2/c1-30-22-11-5-9-20(25(22)31-2)24-23-19(18-8-3-4-10-21(18)27-23)12-17-28(24)14-7-16-29-15-6-13-26-29/h3-6,8-11,13,15,24,27H,7,12,14,16-17H2,1-2H3. The minimum Gasteiger partial charge on any atom is -0.493 e. The van der Waals surface area contributed by atoms with Gasteiger partial charge in [-0.25, -0.2) is 0 Å². The Morgan fingerprint density at radius 3 is 2.74 bits per heavy atom. The summed E-state index contributed by atoms with van der Waals surface area (Å²) in [6.07, 6.45) is 5.92. The molecule has 6 heteroatoms. The van der Waals surface area contributed by atoms with E-state index in [2.05, 4.69) is 51.4 Å². The molecular weight excluding hydrogens is 388 g/mol. The van der Waals surface area contributed by atoms with Crippen LogP contribution in [0.15, 0.2) is 60.9 Å². The maximum Gasteiger partial charge on any atom is 0.165 e. The molecule has 1 unspecified atom stereocenters. The van der Waals surface area contributed by atoms with Crippen molar-refractivity contribution in [3.63, 3.8) is 0 Å². The number of hydrogen-bond donors (Lipinski definition) is 1. The van der Waals surface area contributed by atoms with Crippen LogP contribution < -0.4 is 9.47 Å². The van der Waals surface area contributed by atoms with E-state index in [4.69, 9.17) is 9.47 Å². The molecule has 0 bridgehead atoms. The zero-order valence-corrected chi connectivity index (χ0v) is 18.0. The Morgan fingerprint density at radius 1 is 1.03 bits per heavy atom. The van der Waals surface area contributed by atoms with Crippen LogP contribution in [-0.4, -0.2) is 47.0 Å². The van der Waals surface area contributed by atoms with Crippen molar-refractivity contribution in [2.24, 2.45) is 0 Å². The fourth-order valence-corrected chi connectivity index (χ4v) is 4.88. The fourth-order valence-electron chi connectivity index (χ4n) is 4.88. The van der Waals surface area contributed by atoms with Crippen LogP contribution in [-0.2, 0) is 13.0 Å². The molecule has 1 aliphatic heterocycles. The summed E-state index contributed by atoms with van der Waals surface area (Å²) in [6.45, 7) is 2.88. The average Bonchev–Trinajstić information content (AvgIpc) is 3.46. The maximum absolute atomic E-state index is 5.84. The van der Waals surface area contributed by atoms with E-state index in [0.29, 0.717) is 0 Å². The molecule has 0 aliphatic carbocycles. The van der Waals surface area contributed by atoms with Crippen molar-refractivity contribution in [1.82, 2.24) is 19.7 Å². The highest BCUT2D eigenvalue weighted by Gasteiger charge is 2.33. The van der Waals surface area contributed by atoms with Crippen LogP contribution in [0.25, 0.3) is 10.9 Å². The first-order chi connectivity index (χ1) is 15.3. The van der Waals surface area contributed by atoms with E-state index in [1.165, 1.54) is 22.2 Å². The third kappa shape index (κ3) is 3.57. The first-order valence-electron chi connectivity index (χ1n) is 10.8. The highest BCUT2D eigenvalue weighted by molar-refractivity contribution is 5.85. The lowest BCUT2D eigenvalue weighted by Gasteiger charge is -2.37. The van der Waals surface area contributed by atoms with Gasteiger partial charge in [0.1, 0.15) is 0 Å². The summed E-state index contributed by atoms with van der Waals surface area (Å²) in [4.78, 5) is 6.29. The Balaban J connectivity index is 1.56. The lowest BCUT2D eigenvalue weighted by atomic mass is 9.91. The Kier molecular flexibility index (Phi) is 5.38. The number of benzene rings is 2. The highest BCUT2D eigenvalue weighted by atomic mass is 16.5. The zero-order valence-electron chi connectivity index (χ0n) is 18.0. The number of nitrogens with one attached hydrogen (secondary N) is 1. The van der Waals surface area contributed by atoms with E-state index in [9.17, 15) is 0 Å². The summed E-state index contributed by atoms with van der Waals surface area (Å²) >= 11 is 0. The molecule has 1 N–H and O–H groups in total. The second-order valence-electron chi connectivity index (χ2n) is 7.96. The second-order valence-corrected chi connectivity index (χ2v) is 7.96. The van der Waals surface area contributed by atoms with Crippen LogP contribution in [0.4, 0.5) is 0 Å². The SMILES string of the molecule is COc1cccc(C2c3[nH]c4ccccc4c3CCN2CCCn2cccn2)c1OC. The van der Waals surface area contributed by atoms with Crippen LogP contribution >= 0.6 is 0 Å². The average molecular weight is 417 g/mol. The van der Waals surface area contributed by atoms with Crippen molar-refractivity contribution < 1.29 is 9.47 Å². The number of H-pyrrole nitrogens is 1. The van der Waals surface area contributed by atoms with Crippen LogP contribution in [0.1, 0.15) is 29.3 Å². The van der Waals surface area contributed by atoms with Crippen LogP contribution in [0.2, 0.25) is 0 Å². The molecule has 6 nitrogen and oxygen atoms in total. The second kappa shape index (κ2) is 8.47. The molecule has 0 fully saturated rings. The number of fused-ring (bicyclic) bond motifs is 3. The summed E-state index contributed by atoms with van der Waals surface area (Å²) < 4.78 is 13.5. The summed E-state index contributed by atoms with van der Waals surface area (Å²) in [5.74, 6) is 1.57. The van der Waals surface area contributed by atoms with E-state index < -0.39 is 0 Å². The first kappa shape index (κ1) is 19.7. The molecule has 5 rings (SSSR count). The van der Waals surface area contributed by atoms with Crippen molar-refractivity contribution in [2.45, 2.75) is 25.4 Å². The number of aromatic amines is 1. The van der Waals surface area contributed by atoms with Crippen molar-refractivity contribution in [3.8, 4) is 11.5 Å². The lowest BCUT2D eigenvalue weighted by Crippen LogP contribution is -2.37. The summed E-state index contributed by atoms with van der Waals surface area (Å²) in [5, 5.41) is 5.67. The van der Waals surface area contributed by atoms with Gasteiger partial charge < -0.3 is 14.5 Å². The minimum atomic E-state index is 0.0822. The van der Waals surface area contributed by atoms with Gasteiger partial charge in [-0.2, -0.15) is 5.10 Å². The van der Waals surface area contributed by atoms with Gasteiger partial charge in [-0.15, -0.1) is 0 Å². The summed E-state index contributed by atoms with van der Waals surface area (Å²) in [5.41, 5.74) is 5.00. The molecule has 3 heterocycles. The van der Waals surface area contributed by atoms with Crippen molar-refractivity contribution in [2.75, 3.05) is 27.3 Å². The molecule has 0 spiro atoms. The van der Waals surface area contributed by atoms with Crippen LogP contribution in [0.3, 0.4) is 0 Å². The maximum atomic E-state index is 5.84. The lowest BCUT2D eigenvalue weighted by molar-refractivity contribution is 0.199. The molecule has 31 heavy (non-hydrogen) atoms. The highest BCUT2D eigenvalue weighted by Crippen LogP contribution is 2.44. The first-order valence-corrected chi connectivity index (χ1v) is 10.8. The van der Waals surface area contributed by atoms with E-state index in [1.54, 1.807) is 14.2 Å². The van der Waals surface area contributed by atoms with Gasteiger partial charge >= 0.3 is 0 Å². The van der Waals surface area contributed by atoms with Gasteiger partial charge in [-0.05, 0) is 36.6 Å². The van der Waals surface area contributed by atoms with E-state index in [0.717, 1.165) is 49.5 Å². The molecule has 160 valence electrons. The Labute approximate surface area is 182 Å². The molecule has 2 aromatic heterocycles. The number of aromatic nitrogens is 3. The van der Waals surface area contributed by atoms with Crippen molar-refractivity contribution >= 4 is 10.9 Å². The predicted octanol–water partition coefficient (Wildman–Crippen LogP) is 4.42. The van der Waals surface area contributed by atoms with Gasteiger partial charge in [0.2, 0.25) is 0 Å². The van der Waals surface area contributed by atoms with E-state index in [1.807, 2.05) is 29.2 Å². The van der Waals surface area contributed by atoms with Crippen LogP contribution in [0, 0.1) is 0 Å². The monoisotopic (exact) mass is 416 g/mol. The zero-order chi connectivity index (χ0) is 21.2. The summed E-state index contributed by atoms with van der Waals surface area (Å²) in [7, 11) is 3.41. The molecule has 2 aromatic carbocycles. The van der Waals surface area contributed by atoms with Gasteiger partial charge in [0.15, 0.2) is 11.5 Å². The normalized spacial score (nSPS) is 16.4. The smallest absolute Gasteiger partial charge is 0.165 e. The van der Waals surface area contributed by atoms with Crippen molar-refractivity contribution in [1.29, 1.82) is 0 Å². The topological polar surface area (TPSA) is 55.3 Å². The molecule has 1 atom stereocenters. The molecular formula is C25H28N4O2. The number of nitrogens with zero attached hydrogens (tertiary/aromatic N) is 3. The molecule has 0 saturated heterocycles. The molecule has 0 radical (unpaired) electrons. The number of methoxy groups -OCH3 is 2. The third-order valence-electron chi connectivity index (χ3n) is 6.25. The number of ether oxygens (including phenoxy) is 2. The minimum absolute atomic E-state index is 0.0822. The number of aryl methyl sites for hydroxylation is 1. The molecule has 0 amide bonds. The quantitative estimate of drug-likeness (QED) is 0.485. The third-order valence-corrected chi connectivity index (χ3v) is 6.25. The number of hydrogen-bond acceptors (Lipinski definition) is 4. The molecule has 4 aromatic rings. The van der Waals surface area contributed by atoms with E-state index in [-0.39, 0.29) is 6.04 Å². The Morgan fingerprint density at radius 2 is 1.94 bits per heavy atom. The van der Waals surface area contributed by atoms with Crippen LogP contribution in [0.5, 0.6) is 11.5 Å². The van der Waals surface area contributed by atoms with Gasteiger partial charge in [0.25, 0.3) is 0 Å².